The minimum atomic E-state index is -3.56. The molecule has 0 aliphatic rings. The molecule has 0 saturated heterocycles. The normalized spacial score (nSPS) is 11.5. The van der Waals surface area contributed by atoms with Crippen molar-refractivity contribution in [2.24, 2.45) is 5.14 Å². The topological polar surface area (TPSA) is 82.3 Å². The molecule has 1 rings (SSSR count). The zero-order valence-corrected chi connectivity index (χ0v) is 9.76. The summed E-state index contributed by atoms with van der Waals surface area (Å²) in [6.07, 6.45) is 1.58. The molecule has 0 aromatic carbocycles. The summed E-state index contributed by atoms with van der Waals surface area (Å²) in [4.78, 5) is 4.03. The number of rotatable bonds is 3. The molecule has 15 heavy (non-hydrogen) atoms. The van der Waals surface area contributed by atoms with E-state index in [1.54, 1.807) is 13.1 Å². The Hall–Kier alpha value is -1.14. The smallest absolute Gasteiger partial charge is 0.214 e. The van der Waals surface area contributed by atoms with E-state index in [1.807, 2.05) is 6.92 Å². The second kappa shape index (κ2) is 4.16. The van der Waals surface area contributed by atoms with E-state index in [2.05, 4.69) is 4.98 Å². The Morgan fingerprint density at radius 1 is 1.47 bits per heavy atom. The van der Waals surface area contributed by atoms with Crippen molar-refractivity contribution in [1.29, 1.82) is 0 Å². The van der Waals surface area contributed by atoms with Gasteiger partial charge in [0.1, 0.15) is 11.5 Å². The number of ether oxygens (including phenoxy) is 1. The summed E-state index contributed by atoms with van der Waals surface area (Å²) in [6, 6.07) is 0. The molecule has 0 aliphatic carbocycles. The van der Waals surface area contributed by atoms with Crippen molar-refractivity contribution >= 4 is 10.0 Å². The fraction of sp³-hybridized carbons (Fsp3) is 0.444. The second-order valence-corrected chi connectivity index (χ2v) is 4.97. The molecule has 6 heteroatoms. The maximum absolute atomic E-state index is 10.9. The van der Waals surface area contributed by atoms with Crippen molar-refractivity contribution in [3.05, 3.63) is 23.0 Å². The lowest BCUT2D eigenvalue weighted by molar-refractivity contribution is 0.407. The molecule has 2 N–H and O–H groups in total. The lowest BCUT2D eigenvalue weighted by Gasteiger charge is -2.11. The van der Waals surface area contributed by atoms with Gasteiger partial charge in [-0.1, -0.05) is 0 Å². The molecule has 0 bridgehead atoms. The van der Waals surface area contributed by atoms with E-state index < -0.39 is 10.0 Å². The predicted octanol–water partition coefficient (Wildman–Crippen LogP) is 0.496. The van der Waals surface area contributed by atoms with Gasteiger partial charge in [0.25, 0.3) is 0 Å². The third-order valence-corrected chi connectivity index (χ3v) is 2.76. The van der Waals surface area contributed by atoms with Gasteiger partial charge < -0.3 is 4.74 Å². The highest BCUT2D eigenvalue weighted by Crippen LogP contribution is 2.24. The number of nitrogens with zero attached hydrogens (tertiary/aromatic N) is 1. The third kappa shape index (κ3) is 2.90. The number of primary sulfonamides is 1. The Kier molecular flexibility index (Phi) is 3.31. The van der Waals surface area contributed by atoms with Crippen LogP contribution in [0.1, 0.15) is 16.8 Å². The Balaban J connectivity index is 3.22. The number of nitrogens with two attached hydrogens (primary N) is 1. The summed E-state index contributed by atoms with van der Waals surface area (Å²) in [6.45, 7) is 3.61. The van der Waals surface area contributed by atoms with Gasteiger partial charge in [-0.05, 0) is 13.8 Å². The van der Waals surface area contributed by atoms with Gasteiger partial charge in [-0.15, -0.1) is 0 Å². The minimum absolute atomic E-state index is 0.268. The molecule has 0 amide bonds. The van der Waals surface area contributed by atoms with Crippen molar-refractivity contribution in [2.45, 2.75) is 19.6 Å². The van der Waals surface area contributed by atoms with E-state index in [9.17, 15) is 8.42 Å². The molecular weight excluding hydrogens is 216 g/mol. The number of sulfonamides is 1. The third-order valence-electron chi connectivity index (χ3n) is 2.09. The van der Waals surface area contributed by atoms with Gasteiger partial charge in [0.05, 0.1) is 12.8 Å². The van der Waals surface area contributed by atoms with Gasteiger partial charge >= 0.3 is 0 Å². The largest absolute Gasteiger partial charge is 0.496 e. The van der Waals surface area contributed by atoms with Crippen molar-refractivity contribution in [1.82, 2.24) is 4.98 Å². The summed E-state index contributed by atoms with van der Waals surface area (Å²) in [7, 11) is -2.02. The van der Waals surface area contributed by atoms with Gasteiger partial charge in [0.2, 0.25) is 10.0 Å². The zero-order valence-electron chi connectivity index (χ0n) is 8.94. The molecule has 1 heterocycles. The van der Waals surface area contributed by atoms with Crippen LogP contribution in [0.4, 0.5) is 0 Å². The van der Waals surface area contributed by atoms with Crippen LogP contribution in [-0.2, 0) is 15.8 Å². The Morgan fingerprint density at radius 3 is 2.53 bits per heavy atom. The lowest BCUT2D eigenvalue weighted by atomic mass is 10.1. The van der Waals surface area contributed by atoms with Crippen molar-refractivity contribution in [3.63, 3.8) is 0 Å². The maximum Gasteiger partial charge on any atom is 0.214 e. The molecule has 0 saturated carbocycles. The molecular formula is C9H14N2O3S. The molecule has 0 atom stereocenters. The van der Waals surface area contributed by atoms with E-state index in [0.29, 0.717) is 17.0 Å². The van der Waals surface area contributed by atoms with Crippen LogP contribution in [0.2, 0.25) is 0 Å². The first-order valence-corrected chi connectivity index (χ1v) is 6.06. The molecule has 5 nitrogen and oxygen atoms in total. The molecule has 0 spiro atoms. The number of methoxy groups -OCH3 is 1. The summed E-state index contributed by atoms with van der Waals surface area (Å²) in [5, 5.41) is 4.96. The quantitative estimate of drug-likeness (QED) is 0.819. The first kappa shape index (κ1) is 11.9. The number of hydrogen-bond acceptors (Lipinski definition) is 4. The van der Waals surface area contributed by atoms with Crippen LogP contribution >= 0.6 is 0 Å². The van der Waals surface area contributed by atoms with Crippen LogP contribution in [0.15, 0.2) is 6.20 Å². The fourth-order valence-corrected chi connectivity index (χ4v) is 2.08. The summed E-state index contributed by atoms with van der Waals surface area (Å²) in [5.74, 6) is 0.388. The fourth-order valence-electron chi connectivity index (χ4n) is 1.41. The van der Waals surface area contributed by atoms with Crippen molar-refractivity contribution < 1.29 is 13.2 Å². The average molecular weight is 230 g/mol. The highest BCUT2D eigenvalue weighted by Gasteiger charge is 2.13. The lowest BCUT2D eigenvalue weighted by Crippen LogP contribution is -2.16. The van der Waals surface area contributed by atoms with Gasteiger partial charge in [-0.2, -0.15) is 0 Å². The van der Waals surface area contributed by atoms with Crippen LogP contribution in [-0.4, -0.2) is 20.5 Å². The van der Waals surface area contributed by atoms with Crippen LogP contribution in [0, 0.1) is 13.8 Å². The van der Waals surface area contributed by atoms with E-state index in [-0.39, 0.29) is 5.75 Å². The molecule has 1 aromatic heterocycles. The second-order valence-electron chi connectivity index (χ2n) is 3.35. The SMILES string of the molecule is COc1c(C)cnc(CS(N)(=O)=O)c1C. The molecule has 1 aromatic rings. The van der Waals surface area contributed by atoms with Gasteiger partial charge in [-0.25, -0.2) is 13.6 Å². The predicted molar refractivity (Wildman–Crippen MR) is 57.1 cm³/mol. The van der Waals surface area contributed by atoms with Crippen molar-refractivity contribution in [3.8, 4) is 5.75 Å². The average Bonchev–Trinajstić information content (AvgIpc) is 2.09. The standard InChI is InChI=1S/C9H14N2O3S/c1-6-4-11-8(5-15(10,12)13)7(2)9(6)14-3/h4H,5H2,1-3H3,(H2,10,12,13). The highest BCUT2D eigenvalue weighted by molar-refractivity contribution is 7.88. The van der Waals surface area contributed by atoms with Crippen LogP contribution in [0.25, 0.3) is 0 Å². The molecule has 0 fully saturated rings. The Labute approximate surface area is 89.3 Å². The molecule has 0 unspecified atom stereocenters. The highest BCUT2D eigenvalue weighted by atomic mass is 32.2. The molecule has 0 aliphatic heterocycles. The first-order valence-electron chi connectivity index (χ1n) is 4.34. The molecule has 0 radical (unpaired) electrons. The van der Waals surface area contributed by atoms with Gasteiger partial charge in [-0.3, -0.25) is 4.98 Å². The zero-order chi connectivity index (χ0) is 11.6. The summed E-state index contributed by atoms with van der Waals surface area (Å²) >= 11 is 0. The monoisotopic (exact) mass is 230 g/mol. The number of aryl methyl sites for hydroxylation is 1. The van der Waals surface area contributed by atoms with E-state index >= 15 is 0 Å². The number of pyridine rings is 1. The first-order chi connectivity index (χ1) is 6.85. The van der Waals surface area contributed by atoms with Crippen molar-refractivity contribution in [2.75, 3.05) is 7.11 Å². The minimum Gasteiger partial charge on any atom is -0.496 e. The van der Waals surface area contributed by atoms with Gasteiger partial charge in [0, 0.05) is 17.3 Å². The van der Waals surface area contributed by atoms with E-state index in [0.717, 1.165) is 5.56 Å². The maximum atomic E-state index is 10.9. The Bertz CT molecular complexity index is 468. The van der Waals surface area contributed by atoms with Crippen LogP contribution < -0.4 is 9.88 Å². The number of hydrogen-bond donors (Lipinski definition) is 1. The number of aromatic nitrogens is 1. The summed E-state index contributed by atoms with van der Waals surface area (Å²) in [5.41, 5.74) is 2.01. The van der Waals surface area contributed by atoms with Crippen LogP contribution in [0.3, 0.4) is 0 Å². The van der Waals surface area contributed by atoms with Crippen LogP contribution in [0.5, 0.6) is 5.75 Å². The van der Waals surface area contributed by atoms with Gasteiger partial charge in [0.15, 0.2) is 0 Å². The molecule has 84 valence electrons. The summed E-state index contributed by atoms with van der Waals surface area (Å²) < 4.78 is 27.0. The Morgan fingerprint density at radius 2 is 2.07 bits per heavy atom. The van der Waals surface area contributed by atoms with E-state index in [4.69, 9.17) is 9.88 Å². The van der Waals surface area contributed by atoms with E-state index in [1.165, 1.54) is 7.11 Å².